The second-order valence-corrected chi connectivity index (χ2v) is 6.64. The lowest BCUT2D eigenvalue weighted by molar-refractivity contribution is 0.514. The van der Waals surface area contributed by atoms with Crippen molar-refractivity contribution in [2.45, 2.75) is 25.8 Å². The Labute approximate surface area is 137 Å². The van der Waals surface area contributed by atoms with E-state index in [1.807, 2.05) is 6.07 Å². The van der Waals surface area contributed by atoms with Crippen molar-refractivity contribution in [2.24, 2.45) is 0 Å². The van der Waals surface area contributed by atoms with Crippen LogP contribution in [0.2, 0.25) is 0 Å². The highest BCUT2D eigenvalue weighted by Gasteiger charge is 2.11. The Morgan fingerprint density at radius 3 is 2.71 bits per heavy atom. The first-order valence-electron chi connectivity index (χ1n) is 7.09. The van der Waals surface area contributed by atoms with E-state index in [0.717, 1.165) is 33.1 Å². The fourth-order valence-electron chi connectivity index (χ4n) is 2.68. The molecule has 1 aromatic heterocycles. The van der Waals surface area contributed by atoms with Crippen LogP contribution in [0.15, 0.2) is 53.0 Å². The number of nitrogens with zero attached hydrogens (tertiary/aromatic N) is 1. The van der Waals surface area contributed by atoms with Gasteiger partial charge < -0.3 is 9.55 Å². The van der Waals surface area contributed by atoms with E-state index in [1.165, 1.54) is 5.56 Å². The van der Waals surface area contributed by atoms with Gasteiger partial charge in [0, 0.05) is 10.5 Å². The Kier molecular flexibility index (Phi) is 4.27. The molecule has 108 valence electrons. The highest BCUT2D eigenvalue weighted by atomic mass is 79.9. The van der Waals surface area contributed by atoms with Crippen molar-refractivity contribution in [2.75, 3.05) is 0 Å². The number of hydrogen-bond donors (Lipinski definition) is 1. The van der Waals surface area contributed by atoms with E-state index in [9.17, 15) is 0 Å². The average Bonchev–Trinajstić information content (AvgIpc) is 2.81. The molecular weight excluding hydrogens is 344 g/mol. The normalized spacial score (nSPS) is 12.7. The van der Waals surface area contributed by atoms with Crippen LogP contribution in [0.1, 0.15) is 24.9 Å². The van der Waals surface area contributed by atoms with Crippen LogP contribution in [0, 0.1) is 4.77 Å². The summed E-state index contributed by atoms with van der Waals surface area (Å²) in [5.41, 5.74) is 3.63. The van der Waals surface area contributed by atoms with Gasteiger partial charge in [-0.05, 0) is 55.7 Å². The third kappa shape index (κ3) is 3.11. The first-order valence-corrected chi connectivity index (χ1v) is 8.29. The van der Waals surface area contributed by atoms with Gasteiger partial charge >= 0.3 is 0 Å². The maximum Gasteiger partial charge on any atom is 0.178 e. The second kappa shape index (κ2) is 6.16. The van der Waals surface area contributed by atoms with Gasteiger partial charge in [-0.15, -0.1) is 0 Å². The number of imidazole rings is 1. The van der Waals surface area contributed by atoms with Crippen LogP contribution in [0.5, 0.6) is 0 Å². The number of fused-ring (bicyclic) bond motifs is 1. The highest BCUT2D eigenvalue weighted by Crippen LogP contribution is 2.25. The number of H-pyrrole nitrogens is 1. The summed E-state index contributed by atoms with van der Waals surface area (Å²) in [6.07, 6.45) is 2.13. The molecule has 0 amide bonds. The summed E-state index contributed by atoms with van der Waals surface area (Å²) >= 11 is 9.03. The number of hydrogen-bond acceptors (Lipinski definition) is 1. The molecule has 0 bridgehead atoms. The molecule has 21 heavy (non-hydrogen) atoms. The minimum Gasteiger partial charge on any atom is -0.331 e. The molecule has 0 radical (unpaired) electrons. The van der Waals surface area contributed by atoms with Gasteiger partial charge in [0.25, 0.3) is 0 Å². The molecule has 0 saturated carbocycles. The Hall–Kier alpha value is -1.39. The third-order valence-electron chi connectivity index (χ3n) is 3.81. The Morgan fingerprint density at radius 2 is 1.95 bits per heavy atom. The van der Waals surface area contributed by atoms with Crippen molar-refractivity contribution in [3.8, 4) is 0 Å². The monoisotopic (exact) mass is 360 g/mol. The van der Waals surface area contributed by atoms with Crippen LogP contribution in [0.25, 0.3) is 11.0 Å². The molecule has 1 unspecified atom stereocenters. The molecule has 0 aliphatic carbocycles. The lowest BCUT2D eigenvalue weighted by Gasteiger charge is -2.14. The maximum atomic E-state index is 5.50. The molecule has 0 spiro atoms. The summed E-state index contributed by atoms with van der Waals surface area (Å²) in [5, 5.41) is 0. The Balaban J connectivity index is 1.87. The van der Waals surface area contributed by atoms with E-state index >= 15 is 0 Å². The van der Waals surface area contributed by atoms with Crippen molar-refractivity contribution in [3.05, 3.63) is 63.3 Å². The summed E-state index contributed by atoms with van der Waals surface area (Å²) < 4.78 is 4.09. The first-order chi connectivity index (χ1) is 10.1. The minimum atomic E-state index is 0.362. The second-order valence-electron chi connectivity index (χ2n) is 5.33. The zero-order valence-corrected chi connectivity index (χ0v) is 14.2. The lowest BCUT2D eigenvalue weighted by atomic mass is 10.1. The zero-order valence-electron chi connectivity index (χ0n) is 11.8. The lowest BCUT2D eigenvalue weighted by Crippen LogP contribution is -2.06. The van der Waals surface area contributed by atoms with Crippen molar-refractivity contribution >= 4 is 39.2 Å². The van der Waals surface area contributed by atoms with Crippen LogP contribution in [0.4, 0.5) is 0 Å². The molecule has 1 N–H and O–H groups in total. The molecule has 1 atom stereocenters. The van der Waals surface area contributed by atoms with Gasteiger partial charge in [-0.3, -0.25) is 0 Å². The predicted octanol–water partition coefficient (Wildman–Crippen LogP) is 5.66. The van der Waals surface area contributed by atoms with Gasteiger partial charge in [-0.2, -0.15) is 0 Å². The van der Waals surface area contributed by atoms with E-state index in [4.69, 9.17) is 12.2 Å². The van der Waals surface area contributed by atoms with Crippen molar-refractivity contribution < 1.29 is 0 Å². The van der Waals surface area contributed by atoms with E-state index in [1.54, 1.807) is 0 Å². The highest BCUT2D eigenvalue weighted by molar-refractivity contribution is 9.10. The van der Waals surface area contributed by atoms with E-state index in [-0.39, 0.29) is 0 Å². The van der Waals surface area contributed by atoms with Gasteiger partial charge in [0.2, 0.25) is 0 Å². The van der Waals surface area contributed by atoms with Gasteiger partial charge in [-0.25, -0.2) is 0 Å². The number of aryl methyl sites for hydroxylation is 1. The fraction of sp³-hybridized carbons (Fsp3) is 0.235. The first kappa shape index (κ1) is 14.5. The van der Waals surface area contributed by atoms with E-state index in [2.05, 4.69) is 74.9 Å². The van der Waals surface area contributed by atoms with Crippen molar-refractivity contribution in [3.63, 3.8) is 0 Å². The SMILES string of the molecule is CC(CCc1ccccc1)n1c(=S)[nH]c2ccc(Br)cc21. The minimum absolute atomic E-state index is 0.362. The molecular formula is C17H17BrN2S. The summed E-state index contributed by atoms with van der Waals surface area (Å²) in [4.78, 5) is 3.29. The number of benzene rings is 2. The largest absolute Gasteiger partial charge is 0.331 e. The van der Waals surface area contributed by atoms with Crippen LogP contribution < -0.4 is 0 Å². The summed E-state index contributed by atoms with van der Waals surface area (Å²) in [6, 6.07) is 17.2. The molecule has 4 heteroatoms. The van der Waals surface area contributed by atoms with Crippen LogP contribution >= 0.6 is 28.1 Å². The number of halogens is 1. The maximum absolute atomic E-state index is 5.50. The predicted molar refractivity (Wildman–Crippen MR) is 94.3 cm³/mol. The summed E-state index contributed by atoms with van der Waals surface area (Å²) in [5.74, 6) is 0. The average molecular weight is 361 g/mol. The molecule has 2 nitrogen and oxygen atoms in total. The number of aromatic nitrogens is 2. The molecule has 2 aromatic carbocycles. The molecule has 1 heterocycles. The topological polar surface area (TPSA) is 20.7 Å². The number of nitrogens with one attached hydrogen (secondary N) is 1. The van der Waals surface area contributed by atoms with Crippen LogP contribution in [-0.2, 0) is 6.42 Å². The molecule has 3 rings (SSSR count). The Bertz CT molecular complexity index is 805. The molecule has 0 aliphatic rings. The van der Waals surface area contributed by atoms with Crippen LogP contribution in [0.3, 0.4) is 0 Å². The summed E-state index contributed by atoms with van der Waals surface area (Å²) in [7, 11) is 0. The van der Waals surface area contributed by atoms with Gasteiger partial charge in [-0.1, -0.05) is 46.3 Å². The summed E-state index contributed by atoms with van der Waals surface area (Å²) in [6.45, 7) is 2.23. The van der Waals surface area contributed by atoms with Gasteiger partial charge in [0.15, 0.2) is 4.77 Å². The Morgan fingerprint density at radius 1 is 1.19 bits per heavy atom. The van der Waals surface area contributed by atoms with Gasteiger partial charge in [0.05, 0.1) is 11.0 Å². The van der Waals surface area contributed by atoms with Crippen LogP contribution in [-0.4, -0.2) is 9.55 Å². The smallest absolute Gasteiger partial charge is 0.178 e. The standard InChI is InChI=1S/C17H17BrN2S/c1-12(7-8-13-5-3-2-4-6-13)20-16-11-14(18)9-10-15(16)19-17(20)21/h2-6,9-12H,7-8H2,1H3,(H,19,21). The number of aromatic amines is 1. The van der Waals surface area contributed by atoms with Crippen molar-refractivity contribution in [1.29, 1.82) is 0 Å². The molecule has 0 saturated heterocycles. The van der Waals surface area contributed by atoms with Gasteiger partial charge in [0.1, 0.15) is 0 Å². The van der Waals surface area contributed by atoms with E-state index < -0.39 is 0 Å². The van der Waals surface area contributed by atoms with E-state index in [0.29, 0.717) is 6.04 Å². The zero-order chi connectivity index (χ0) is 14.8. The van der Waals surface area contributed by atoms with Crippen molar-refractivity contribution in [1.82, 2.24) is 9.55 Å². The third-order valence-corrected chi connectivity index (χ3v) is 4.61. The molecule has 0 aliphatic heterocycles. The quantitative estimate of drug-likeness (QED) is 0.595. The fourth-order valence-corrected chi connectivity index (χ4v) is 3.42. The molecule has 0 fully saturated rings. The molecule has 3 aromatic rings. The number of rotatable bonds is 4.